The molecule has 2 fully saturated rings. The molecule has 2 N–H and O–H groups in total. The largest absolute Gasteiger partial charge is 0.378 e. The predicted molar refractivity (Wildman–Crippen MR) is 117 cm³/mol. The summed E-state index contributed by atoms with van der Waals surface area (Å²) in [6.45, 7) is 7.57. The molecule has 0 radical (unpaired) electrons. The van der Waals surface area contributed by atoms with Gasteiger partial charge in [0.25, 0.3) is 0 Å². The summed E-state index contributed by atoms with van der Waals surface area (Å²) < 4.78 is 17.2. The number of rotatable bonds is 11. The fourth-order valence-corrected chi connectivity index (χ4v) is 3.31. The number of ether oxygens (including phenoxy) is 3. The Hall–Kier alpha value is -0.120. The number of halogens is 1. The molecule has 0 spiro atoms. The van der Waals surface area contributed by atoms with Crippen molar-refractivity contribution in [1.82, 2.24) is 10.6 Å². The van der Waals surface area contributed by atoms with Crippen molar-refractivity contribution < 1.29 is 14.2 Å². The summed E-state index contributed by atoms with van der Waals surface area (Å²) in [4.78, 5) is 4.61. The first-order valence-electron chi connectivity index (χ1n) is 10.2. The molecular weight excluding hydrogens is 445 g/mol. The van der Waals surface area contributed by atoms with Crippen molar-refractivity contribution in [2.75, 3.05) is 46.1 Å². The van der Waals surface area contributed by atoms with Crippen LogP contribution in [0.15, 0.2) is 4.99 Å². The summed E-state index contributed by atoms with van der Waals surface area (Å²) in [5, 5.41) is 6.59. The molecule has 1 aliphatic heterocycles. The van der Waals surface area contributed by atoms with E-state index in [1.54, 1.807) is 0 Å². The Bertz CT molecular complexity index is 360. The highest BCUT2D eigenvalue weighted by Crippen LogP contribution is 2.20. The van der Waals surface area contributed by atoms with E-state index in [4.69, 9.17) is 14.2 Å². The zero-order valence-corrected chi connectivity index (χ0v) is 18.7. The monoisotopic (exact) mass is 483 g/mol. The fourth-order valence-electron chi connectivity index (χ4n) is 3.31. The summed E-state index contributed by atoms with van der Waals surface area (Å²) in [5.41, 5.74) is 0. The first-order chi connectivity index (χ1) is 12.4. The van der Waals surface area contributed by atoms with E-state index in [1.165, 1.54) is 32.1 Å². The molecule has 0 aromatic rings. The second-order valence-corrected chi connectivity index (χ2v) is 6.88. The topological polar surface area (TPSA) is 64.1 Å². The van der Waals surface area contributed by atoms with Gasteiger partial charge >= 0.3 is 0 Å². The van der Waals surface area contributed by atoms with Crippen molar-refractivity contribution in [1.29, 1.82) is 0 Å². The summed E-state index contributed by atoms with van der Waals surface area (Å²) in [6.07, 6.45) is 10.5. The molecule has 1 saturated carbocycles. The number of guanidine groups is 1. The van der Waals surface area contributed by atoms with Gasteiger partial charge in [-0.25, -0.2) is 0 Å². The van der Waals surface area contributed by atoms with Crippen LogP contribution in [0.2, 0.25) is 0 Å². The molecule has 1 unspecified atom stereocenters. The zero-order valence-electron chi connectivity index (χ0n) is 16.3. The molecule has 0 aromatic heterocycles. The molecule has 2 rings (SSSR count). The third-order valence-electron chi connectivity index (χ3n) is 4.69. The summed E-state index contributed by atoms with van der Waals surface area (Å²) in [5.74, 6) is 0.862. The van der Waals surface area contributed by atoms with Crippen molar-refractivity contribution in [3.63, 3.8) is 0 Å². The minimum atomic E-state index is 0. The van der Waals surface area contributed by atoms with Crippen LogP contribution in [-0.2, 0) is 14.2 Å². The van der Waals surface area contributed by atoms with Gasteiger partial charge in [0.1, 0.15) is 0 Å². The molecule has 26 heavy (non-hydrogen) atoms. The van der Waals surface area contributed by atoms with E-state index in [2.05, 4.69) is 22.5 Å². The van der Waals surface area contributed by atoms with Gasteiger partial charge in [0, 0.05) is 32.8 Å². The maximum atomic E-state index is 5.94. The van der Waals surface area contributed by atoms with Gasteiger partial charge in [-0.05, 0) is 39.0 Å². The van der Waals surface area contributed by atoms with Crippen LogP contribution in [0.3, 0.4) is 0 Å². The van der Waals surface area contributed by atoms with Crippen LogP contribution < -0.4 is 10.6 Å². The zero-order chi connectivity index (χ0) is 17.6. The Labute approximate surface area is 176 Å². The van der Waals surface area contributed by atoms with Crippen LogP contribution in [0.5, 0.6) is 0 Å². The van der Waals surface area contributed by atoms with Gasteiger partial charge in [-0.3, -0.25) is 4.99 Å². The van der Waals surface area contributed by atoms with E-state index in [-0.39, 0.29) is 24.0 Å². The first kappa shape index (κ1) is 23.9. The third kappa shape index (κ3) is 10.9. The maximum Gasteiger partial charge on any atom is 0.191 e. The minimum Gasteiger partial charge on any atom is -0.378 e. The molecule has 1 aliphatic carbocycles. The van der Waals surface area contributed by atoms with Gasteiger partial charge in [-0.1, -0.05) is 19.3 Å². The summed E-state index contributed by atoms with van der Waals surface area (Å²) in [6, 6.07) is 0. The second-order valence-electron chi connectivity index (χ2n) is 6.88. The predicted octanol–water partition coefficient (Wildman–Crippen LogP) is 3.09. The molecule has 0 amide bonds. The molecule has 0 bridgehead atoms. The van der Waals surface area contributed by atoms with Crippen LogP contribution in [0, 0.1) is 0 Å². The van der Waals surface area contributed by atoms with Crippen molar-refractivity contribution in [2.24, 2.45) is 4.99 Å². The van der Waals surface area contributed by atoms with Crippen molar-refractivity contribution in [3.8, 4) is 0 Å². The lowest BCUT2D eigenvalue weighted by atomic mass is 9.98. The van der Waals surface area contributed by atoms with Crippen LogP contribution in [0.1, 0.15) is 58.3 Å². The molecule has 1 saturated heterocycles. The van der Waals surface area contributed by atoms with Crippen LogP contribution in [-0.4, -0.2) is 64.2 Å². The smallest absolute Gasteiger partial charge is 0.191 e. The molecule has 0 aromatic carbocycles. The third-order valence-corrected chi connectivity index (χ3v) is 4.69. The maximum absolute atomic E-state index is 5.94. The van der Waals surface area contributed by atoms with E-state index in [9.17, 15) is 0 Å². The molecule has 6 nitrogen and oxygen atoms in total. The molecular formula is C19H38IN3O3. The van der Waals surface area contributed by atoms with Crippen LogP contribution in [0.4, 0.5) is 0 Å². The lowest BCUT2D eigenvalue weighted by Crippen LogP contribution is -2.39. The molecule has 1 atom stereocenters. The summed E-state index contributed by atoms with van der Waals surface area (Å²) in [7, 11) is 0. The Morgan fingerprint density at radius 2 is 1.92 bits per heavy atom. The van der Waals surface area contributed by atoms with Crippen LogP contribution in [0.25, 0.3) is 0 Å². The highest BCUT2D eigenvalue weighted by molar-refractivity contribution is 14.0. The number of hydrogen-bond donors (Lipinski definition) is 2. The average Bonchev–Trinajstić information content (AvgIpc) is 3.15. The van der Waals surface area contributed by atoms with Crippen LogP contribution >= 0.6 is 24.0 Å². The van der Waals surface area contributed by atoms with Crippen molar-refractivity contribution in [2.45, 2.75) is 70.5 Å². The summed E-state index contributed by atoms with van der Waals surface area (Å²) >= 11 is 0. The van der Waals surface area contributed by atoms with Crippen molar-refractivity contribution in [3.05, 3.63) is 0 Å². The number of hydrogen-bond acceptors (Lipinski definition) is 4. The molecule has 1 heterocycles. The Kier molecular flexibility index (Phi) is 14.6. The Balaban J connectivity index is 0.00000338. The number of nitrogens with one attached hydrogen (secondary N) is 2. The first-order valence-corrected chi connectivity index (χ1v) is 10.2. The quantitative estimate of drug-likeness (QED) is 0.205. The molecule has 2 aliphatic rings. The van der Waals surface area contributed by atoms with Gasteiger partial charge in [-0.15, -0.1) is 24.0 Å². The highest BCUT2D eigenvalue weighted by atomic mass is 127. The second kappa shape index (κ2) is 15.9. The normalized spacial score (nSPS) is 21.4. The van der Waals surface area contributed by atoms with E-state index >= 15 is 0 Å². The van der Waals surface area contributed by atoms with E-state index in [0.717, 1.165) is 58.1 Å². The van der Waals surface area contributed by atoms with Gasteiger partial charge < -0.3 is 24.8 Å². The average molecular weight is 483 g/mol. The van der Waals surface area contributed by atoms with E-state index in [0.29, 0.717) is 25.4 Å². The van der Waals surface area contributed by atoms with Gasteiger partial charge in [0.05, 0.1) is 25.4 Å². The number of aliphatic imine (C=N–C) groups is 1. The molecule has 7 heteroatoms. The minimum absolute atomic E-state index is 0. The fraction of sp³-hybridized carbons (Fsp3) is 0.947. The Morgan fingerprint density at radius 3 is 2.65 bits per heavy atom. The van der Waals surface area contributed by atoms with Gasteiger partial charge in [0.2, 0.25) is 0 Å². The van der Waals surface area contributed by atoms with E-state index < -0.39 is 0 Å². The lowest BCUT2D eigenvalue weighted by molar-refractivity contribution is 0.0191. The molecule has 154 valence electrons. The van der Waals surface area contributed by atoms with Gasteiger partial charge in [0.15, 0.2) is 5.96 Å². The van der Waals surface area contributed by atoms with Gasteiger partial charge in [-0.2, -0.15) is 0 Å². The van der Waals surface area contributed by atoms with Crippen molar-refractivity contribution >= 4 is 29.9 Å². The number of nitrogens with zero attached hydrogens (tertiary/aromatic N) is 1. The lowest BCUT2D eigenvalue weighted by Gasteiger charge is -2.21. The SMILES string of the molecule is CCNC(=NCCCOC1CCCCC1)NCCOCC1CCCO1.I. The highest BCUT2D eigenvalue weighted by Gasteiger charge is 2.15. The van der Waals surface area contributed by atoms with E-state index in [1.807, 2.05) is 0 Å². The Morgan fingerprint density at radius 1 is 1.08 bits per heavy atom. The standard InChI is InChI=1S/C19H37N3O3.HI/c1-2-20-19(22-12-15-23-16-18-10-6-13-25-18)21-11-7-14-24-17-8-4-3-5-9-17;/h17-18H,2-16H2,1H3,(H2,20,21,22);1H.